The van der Waals surface area contributed by atoms with Gasteiger partial charge < -0.3 is 29.2 Å². The van der Waals surface area contributed by atoms with Gasteiger partial charge in [-0.3, -0.25) is 4.79 Å². The molecule has 0 spiro atoms. The number of amides is 1. The number of aliphatic carboxylic acids is 1. The van der Waals surface area contributed by atoms with Crippen LogP contribution in [0.3, 0.4) is 0 Å². The van der Waals surface area contributed by atoms with Gasteiger partial charge in [-0.2, -0.15) is 0 Å². The zero-order chi connectivity index (χ0) is 35.1. The largest absolute Gasteiger partial charge is 0.487 e. The van der Waals surface area contributed by atoms with Crippen molar-refractivity contribution in [1.82, 2.24) is 4.90 Å². The molecule has 0 radical (unpaired) electrons. The van der Waals surface area contributed by atoms with Crippen molar-refractivity contribution in [1.29, 1.82) is 0 Å². The smallest absolute Gasteiger partial charge is 0.340 e. The quantitative estimate of drug-likeness (QED) is 0.249. The van der Waals surface area contributed by atoms with Gasteiger partial charge in [0.2, 0.25) is 5.91 Å². The number of carboxylic acid groups (broad SMARTS) is 1. The number of ether oxygens (including phenoxy) is 1. The van der Waals surface area contributed by atoms with Crippen molar-refractivity contribution in [3.63, 3.8) is 0 Å². The van der Waals surface area contributed by atoms with Gasteiger partial charge in [0.25, 0.3) is 0 Å². The summed E-state index contributed by atoms with van der Waals surface area (Å²) in [6, 6.07) is 11.0. The van der Waals surface area contributed by atoms with Crippen LogP contribution >= 0.6 is 11.6 Å². The van der Waals surface area contributed by atoms with Crippen molar-refractivity contribution >= 4 is 37.5 Å². The molecule has 4 aliphatic rings. The molecule has 1 saturated carbocycles. The van der Waals surface area contributed by atoms with Gasteiger partial charge >= 0.3 is 5.97 Å². The van der Waals surface area contributed by atoms with Gasteiger partial charge in [-0.1, -0.05) is 56.7 Å². The van der Waals surface area contributed by atoms with Crippen molar-refractivity contribution in [2.24, 2.45) is 11.8 Å². The molecule has 6 rings (SSSR count). The van der Waals surface area contributed by atoms with Gasteiger partial charge in [0, 0.05) is 30.7 Å². The minimum Gasteiger partial charge on any atom is -0.487 e. The summed E-state index contributed by atoms with van der Waals surface area (Å²) in [6.07, 6.45) is 10.3. The monoisotopic (exact) mass is 708 g/mol. The highest BCUT2D eigenvalue weighted by Gasteiger charge is 2.46. The Morgan fingerprint density at radius 1 is 1.06 bits per heavy atom. The maximum Gasteiger partial charge on any atom is 0.340 e. The van der Waals surface area contributed by atoms with Crippen molar-refractivity contribution < 1.29 is 29.0 Å². The van der Waals surface area contributed by atoms with Crippen molar-refractivity contribution in [3.05, 3.63) is 70.3 Å². The van der Waals surface area contributed by atoms with E-state index in [4.69, 9.17) is 20.8 Å². The number of rotatable bonds is 3. The molecule has 3 heterocycles. The number of halogens is 1. The van der Waals surface area contributed by atoms with Crippen LogP contribution in [-0.2, 0) is 32.6 Å². The normalized spacial score (nSPS) is 28.8. The number of nitrogens with zero attached hydrogens (tertiary/aromatic N) is 2. The van der Waals surface area contributed by atoms with Crippen LogP contribution in [0, 0.1) is 11.8 Å². The number of hydrogen-bond donors (Lipinski definition) is 2. The molecule has 2 aromatic rings. The number of hydrogen-bond acceptors (Lipinski definition) is 6. The molecule has 8 nitrogen and oxygen atoms in total. The highest BCUT2D eigenvalue weighted by Crippen LogP contribution is 2.46. The summed E-state index contributed by atoms with van der Waals surface area (Å²) in [5.74, 6) is -0.455. The van der Waals surface area contributed by atoms with E-state index in [0.29, 0.717) is 42.2 Å². The third-order valence-electron chi connectivity index (χ3n) is 12.0. The summed E-state index contributed by atoms with van der Waals surface area (Å²) in [4.78, 5) is 30.5. The number of aliphatic hydroxyl groups is 1. The second kappa shape index (κ2) is 14.0. The van der Waals surface area contributed by atoms with Gasteiger partial charge in [0.1, 0.15) is 12.4 Å². The van der Waals surface area contributed by atoms with Crippen LogP contribution in [0.2, 0.25) is 23.2 Å². The van der Waals surface area contributed by atoms with E-state index in [1.165, 1.54) is 5.56 Å². The minimum atomic E-state index is -2.37. The van der Waals surface area contributed by atoms with E-state index >= 15 is 0 Å². The second-order valence-electron chi connectivity index (χ2n) is 16.2. The van der Waals surface area contributed by atoms with Crippen LogP contribution in [0.4, 0.5) is 5.69 Å². The molecule has 49 heavy (non-hydrogen) atoms. The summed E-state index contributed by atoms with van der Waals surface area (Å²) in [5, 5.41) is 23.0. The highest BCUT2D eigenvalue weighted by molar-refractivity contribution is 6.74. The molecule has 1 aliphatic carbocycles. The Balaban J connectivity index is 1.42. The lowest BCUT2D eigenvalue weighted by molar-refractivity contribution is -0.166. The molecule has 2 aromatic carbocycles. The molecule has 10 heteroatoms. The maximum absolute atomic E-state index is 13.6. The molecule has 2 bridgehead atoms. The summed E-state index contributed by atoms with van der Waals surface area (Å²) >= 11 is 6.38. The van der Waals surface area contributed by atoms with E-state index in [2.05, 4.69) is 50.9 Å². The molecule has 3 aliphatic heterocycles. The number of anilines is 1. The Morgan fingerprint density at radius 2 is 1.86 bits per heavy atom. The van der Waals surface area contributed by atoms with Crippen LogP contribution in [0.5, 0.6) is 5.75 Å². The number of benzene rings is 2. The first kappa shape index (κ1) is 36.0. The maximum atomic E-state index is 13.6. The standard InChI is InChI=1S/C39H53ClN2O6Si/c1-38(2,3)49(4,5)48-34-11-8-10-31-18-20-42(31)36(43)23-39(46,37(44)45)29-14-17-35-33(22-29)41(24-27-13-16-32(27)34)19-7-6-9-26-21-30(40)15-12-28(26)25-47-35/h8,11-12,14-15,17,21-22,27,31-32,34,46H,6-7,9-10,13,16,18-20,23-25H2,1-5H3,(H,44,45)/b11-8+/t27-,31-,32+,34?,39-/m0/s1. The van der Waals surface area contributed by atoms with Crippen LogP contribution in [0.15, 0.2) is 48.6 Å². The molecule has 0 aromatic heterocycles. The third-order valence-corrected chi connectivity index (χ3v) is 16.7. The van der Waals surface area contributed by atoms with Gasteiger partial charge in [0.15, 0.2) is 13.9 Å². The fourth-order valence-corrected chi connectivity index (χ4v) is 9.01. The van der Waals surface area contributed by atoms with E-state index in [0.717, 1.165) is 62.9 Å². The first-order valence-corrected chi connectivity index (χ1v) is 21.3. The first-order chi connectivity index (χ1) is 23.2. The molecular formula is C39H53ClN2O6Si. The lowest BCUT2D eigenvalue weighted by atomic mass is 9.70. The number of fused-ring (bicyclic) bond motifs is 4. The lowest BCUT2D eigenvalue weighted by Gasteiger charge is -2.48. The molecule has 2 N–H and O–H groups in total. The van der Waals surface area contributed by atoms with E-state index in [-0.39, 0.29) is 28.7 Å². The topological polar surface area (TPSA) is 99.5 Å². The minimum absolute atomic E-state index is 0.0147. The fourth-order valence-electron chi connectivity index (χ4n) is 7.52. The molecule has 2 fully saturated rings. The van der Waals surface area contributed by atoms with Gasteiger partial charge in [-0.05, 0) is 116 Å². The van der Waals surface area contributed by atoms with E-state index in [1.807, 2.05) is 18.2 Å². The average molecular weight is 709 g/mol. The van der Waals surface area contributed by atoms with Gasteiger partial charge in [-0.25, -0.2) is 4.79 Å². The average Bonchev–Trinajstić information content (AvgIpc) is 3.02. The SMILES string of the molecule is CC(C)(C)[Si](C)(C)OC1/C=C/C[C@H]2CCN2C(=O)C[C@@](O)(C(=O)O)c2ccc3c(c2)N(CCCCc2cc(Cl)ccc2CO3)C[C@@H]2CC[C@@H]12. The Morgan fingerprint density at radius 3 is 2.53 bits per heavy atom. The van der Waals surface area contributed by atoms with E-state index in [1.54, 1.807) is 23.1 Å². The zero-order valence-electron chi connectivity index (χ0n) is 29.7. The van der Waals surface area contributed by atoms with Crippen molar-refractivity contribution in [2.45, 2.75) is 115 Å². The van der Waals surface area contributed by atoms with Crippen LogP contribution in [0.25, 0.3) is 0 Å². The second-order valence-corrected chi connectivity index (χ2v) is 21.4. The van der Waals surface area contributed by atoms with Crippen LogP contribution in [0.1, 0.15) is 82.4 Å². The Bertz CT molecular complexity index is 1590. The number of carbonyl (C=O) groups excluding carboxylic acids is 1. The Kier molecular flexibility index (Phi) is 10.3. The molecule has 5 atom stereocenters. The summed E-state index contributed by atoms with van der Waals surface area (Å²) < 4.78 is 13.7. The fraction of sp³-hybridized carbons (Fsp3) is 0.590. The summed E-state index contributed by atoms with van der Waals surface area (Å²) in [7, 11) is -2.09. The van der Waals surface area contributed by atoms with E-state index in [9.17, 15) is 19.8 Å². The number of carboxylic acids is 1. The van der Waals surface area contributed by atoms with Gasteiger partial charge in [0.05, 0.1) is 18.2 Å². The first-order valence-electron chi connectivity index (χ1n) is 18.1. The highest BCUT2D eigenvalue weighted by atomic mass is 35.5. The Labute approximate surface area is 297 Å². The lowest BCUT2D eigenvalue weighted by Crippen LogP contribution is -2.53. The third kappa shape index (κ3) is 7.46. The summed E-state index contributed by atoms with van der Waals surface area (Å²) in [6.45, 7) is 13.9. The van der Waals surface area contributed by atoms with Crippen molar-refractivity contribution in [2.75, 3.05) is 24.5 Å². The van der Waals surface area contributed by atoms with Crippen LogP contribution < -0.4 is 9.64 Å². The molecule has 1 saturated heterocycles. The predicted molar refractivity (Wildman–Crippen MR) is 196 cm³/mol. The zero-order valence-corrected chi connectivity index (χ0v) is 31.5. The van der Waals surface area contributed by atoms with Gasteiger partial charge in [-0.15, -0.1) is 0 Å². The molecular weight excluding hydrogens is 656 g/mol. The number of aryl methyl sites for hydroxylation is 1. The molecule has 1 amide bonds. The van der Waals surface area contributed by atoms with Crippen LogP contribution in [-0.4, -0.2) is 67.1 Å². The molecule has 1 unspecified atom stereocenters. The van der Waals surface area contributed by atoms with Crippen molar-refractivity contribution in [3.8, 4) is 5.75 Å². The number of carbonyl (C=O) groups is 2. The molecule has 266 valence electrons. The predicted octanol–water partition coefficient (Wildman–Crippen LogP) is 7.70. The Hall–Kier alpha value is -2.85. The van der Waals surface area contributed by atoms with E-state index < -0.39 is 26.3 Å². The summed E-state index contributed by atoms with van der Waals surface area (Å²) in [5.41, 5.74) is 0.802.